The van der Waals surface area contributed by atoms with Crippen LogP contribution < -0.4 is 24.0 Å². The average Bonchev–Trinajstić information content (AvgIpc) is 3.36. The number of hydrogen-bond acceptors (Lipinski definition) is 6. The number of halogens is 12. The van der Waals surface area contributed by atoms with Gasteiger partial charge in [0, 0.05) is 41.0 Å². The molecule has 0 fully saturated rings. The summed E-state index contributed by atoms with van der Waals surface area (Å²) in [5.74, 6) is -6.17. The molecule has 18 heteroatoms. The Bertz CT molecular complexity index is 3070. The number of para-hydroxylation sites is 2. The number of phenolic OH excluding ortho intramolecular Hbond substituents is 1. The molecule has 0 heterocycles. The van der Waals surface area contributed by atoms with Gasteiger partial charge >= 0.3 is 37.1 Å². The first-order valence-corrected chi connectivity index (χ1v) is 22.3. The first-order chi connectivity index (χ1) is 35.0. The van der Waals surface area contributed by atoms with Gasteiger partial charge in [-0.2, -0.15) is 52.7 Å². The number of benzene rings is 8. The Kier molecular flexibility index (Phi) is 14.5. The van der Waals surface area contributed by atoms with Crippen LogP contribution in [-0.2, 0) is 5.41 Å². The fraction of sp³-hybridized carbons (Fsp3) is 0.143. The van der Waals surface area contributed by atoms with Crippen molar-refractivity contribution in [3.8, 4) is 34.1 Å². The van der Waals surface area contributed by atoms with Crippen molar-refractivity contribution in [2.75, 3.05) is 9.80 Å². The van der Waals surface area contributed by atoms with Crippen molar-refractivity contribution < 1.29 is 72.0 Å². The second-order valence-corrected chi connectivity index (χ2v) is 16.7. The molecule has 2 atom stereocenters. The molecule has 0 radical (unpaired) electrons. The zero-order valence-electron chi connectivity index (χ0n) is 38.4. The van der Waals surface area contributed by atoms with Gasteiger partial charge in [0.25, 0.3) is 0 Å². The molecule has 2 unspecified atom stereocenters. The third-order valence-corrected chi connectivity index (χ3v) is 11.6. The van der Waals surface area contributed by atoms with Gasteiger partial charge in [-0.3, -0.25) is 0 Å². The Labute approximate surface area is 415 Å². The zero-order chi connectivity index (χ0) is 53.1. The maximum Gasteiger partial charge on any atom is 0.468 e. The Hall–Kier alpha value is -8.28. The molecule has 8 rings (SSSR count). The standard InChI is InChI=1S/C56H40F12N2O4/c1-52(59,60)50(57)72-47-30-16-38(17-31-47)53(55(63,64)65,56(66,67)68)39-18-32-48(33-19-39)73-51(58)54(61,62)74-49-34-26-45(27-35-49)70(41-10-6-3-7-11-41)43-22-14-37(15-23-43)36-12-20-42(21-13-36)69(40-8-4-2-5-9-40)44-24-28-46(71)29-25-44/h2-35,50-51,71H,1H3. The smallest absolute Gasteiger partial charge is 0.468 e. The summed E-state index contributed by atoms with van der Waals surface area (Å²) in [5, 5.41) is 9.90. The predicted molar refractivity (Wildman–Crippen MR) is 256 cm³/mol. The highest BCUT2D eigenvalue weighted by atomic mass is 19.4. The van der Waals surface area contributed by atoms with Crippen molar-refractivity contribution in [2.45, 2.75) is 49.4 Å². The summed E-state index contributed by atoms with van der Waals surface area (Å²) in [7, 11) is 0. The van der Waals surface area contributed by atoms with Crippen LogP contribution in [0.15, 0.2) is 206 Å². The molecule has 0 saturated carbocycles. The molecule has 6 nitrogen and oxygen atoms in total. The van der Waals surface area contributed by atoms with Crippen molar-refractivity contribution >= 4 is 34.1 Å². The lowest BCUT2D eigenvalue weighted by molar-refractivity contribution is -0.288. The van der Waals surface area contributed by atoms with Gasteiger partial charge in [0.2, 0.25) is 5.41 Å². The van der Waals surface area contributed by atoms with Gasteiger partial charge in [-0.15, -0.1) is 0 Å². The topological polar surface area (TPSA) is 54.4 Å². The van der Waals surface area contributed by atoms with E-state index < -0.39 is 70.9 Å². The maximum absolute atomic E-state index is 15.2. The molecule has 382 valence electrons. The molecule has 0 aliphatic rings. The van der Waals surface area contributed by atoms with Gasteiger partial charge in [-0.05, 0) is 144 Å². The minimum absolute atomic E-state index is 0.140. The van der Waals surface area contributed by atoms with Crippen LogP contribution in [0.1, 0.15) is 18.1 Å². The lowest BCUT2D eigenvalue weighted by Gasteiger charge is -2.38. The third kappa shape index (κ3) is 11.0. The molecule has 8 aromatic carbocycles. The number of alkyl halides is 12. The Morgan fingerprint density at radius 2 is 0.689 bits per heavy atom. The number of phenols is 1. The molecule has 0 spiro atoms. The zero-order valence-corrected chi connectivity index (χ0v) is 38.4. The van der Waals surface area contributed by atoms with Gasteiger partial charge in [0.15, 0.2) is 0 Å². The molecule has 0 amide bonds. The van der Waals surface area contributed by atoms with Gasteiger partial charge < -0.3 is 29.1 Å². The minimum Gasteiger partial charge on any atom is -0.508 e. The largest absolute Gasteiger partial charge is 0.508 e. The van der Waals surface area contributed by atoms with Crippen LogP contribution in [0.25, 0.3) is 11.1 Å². The number of nitrogens with zero attached hydrogens (tertiary/aromatic N) is 2. The van der Waals surface area contributed by atoms with Gasteiger partial charge in [0.1, 0.15) is 23.0 Å². The van der Waals surface area contributed by atoms with E-state index in [-0.39, 0.29) is 36.9 Å². The summed E-state index contributed by atoms with van der Waals surface area (Å²) >= 11 is 0. The van der Waals surface area contributed by atoms with Crippen LogP contribution in [-0.4, -0.2) is 42.2 Å². The van der Waals surface area contributed by atoms with Crippen LogP contribution in [0.3, 0.4) is 0 Å². The highest BCUT2D eigenvalue weighted by Crippen LogP contribution is 2.56. The third-order valence-electron chi connectivity index (χ3n) is 11.6. The Balaban J connectivity index is 0.972. The van der Waals surface area contributed by atoms with Gasteiger partial charge in [0.05, 0.1) is 0 Å². The molecule has 0 aromatic heterocycles. The van der Waals surface area contributed by atoms with Crippen molar-refractivity contribution in [3.05, 3.63) is 217 Å². The lowest BCUT2D eigenvalue weighted by atomic mass is 9.73. The lowest BCUT2D eigenvalue weighted by Crippen LogP contribution is -2.54. The van der Waals surface area contributed by atoms with E-state index in [1.165, 1.54) is 12.1 Å². The monoisotopic (exact) mass is 1030 g/mol. The highest BCUT2D eigenvalue weighted by Gasteiger charge is 2.72. The molecule has 0 aliphatic heterocycles. The van der Waals surface area contributed by atoms with E-state index >= 15 is 13.2 Å². The first kappa shape index (κ1) is 52.1. The fourth-order valence-corrected chi connectivity index (χ4v) is 8.08. The van der Waals surface area contributed by atoms with Crippen molar-refractivity contribution in [1.82, 2.24) is 0 Å². The summed E-state index contributed by atoms with van der Waals surface area (Å²) in [4.78, 5) is 3.87. The molecular weight excluding hydrogens is 993 g/mol. The van der Waals surface area contributed by atoms with E-state index in [0.717, 1.165) is 40.3 Å². The van der Waals surface area contributed by atoms with Crippen molar-refractivity contribution in [2.24, 2.45) is 0 Å². The van der Waals surface area contributed by atoms with E-state index in [4.69, 9.17) is 0 Å². The molecule has 0 bridgehead atoms. The van der Waals surface area contributed by atoms with E-state index in [1.807, 2.05) is 119 Å². The van der Waals surface area contributed by atoms with Crippen LogP contribution in [0, 0.1) is 0 Å². The average molecular weight is 1030 g/mol. The number of aromatic hydroxyl groups is 1. The van der Waals surface area contributed by atoms with Gasteiger partial charge in [-0.1, -0.05) is 84.9 Å². The summed E-state index contributed by atoms with van der Waals surface area (Å²) in [6.45, 7) is 0.140. The summed E-state index contributed by atoms with van der Waals surface area (Å²) in [6.07, 6.45) is -24.0. The molecule has 74 heavy (non-hydrogen) atoms. The summed E-state index contributed by atoms with van der Waals surface area (Å²) < 4.78 is 188. The normalized spacial score (nSPS) is 13.1. The van der Waals surface area contributed by atoms with E-state index in [0.29, 0.717) is 41.3 Å². The van der Waals surface area contributed by atoms with E-state index in [9.17, 15) is 44.6 Å². The second kappa shape index (κ2) is 20.7. The fourth-order valence-electron chi connectivity index (χ4n) is 8.08. The predicted octanol–water partition coefficient (Wildman–Crippen LogP) is 17.1. The SMILES string of the molecule is CC(F)(F)C(F)Oc1ccc(C(c2ccc(OC(F)C(F)(F)Oc3ccc(N(c4ccccc4)c4ccc(-c5ccc(N(c6ccccc6)c6ccc(O)cc6)cc5)cc4)cc3)cc2)(C(F)(F)F)C(F)(F)F)cc1. The van der Waals surface area contributed by atoms with Crippen molar-refractivity contribution in [1.29, 1.82) is 0 Å². The molecule has 0 saturated heterocycles. The quantitative estimate of drug-likeness (QED) is 0.0917. The van der Waals surface area contributed by atoms with Crippen LogP contribution in [0.5, 0.6) is 23.0 Å². The van der Waals surface area contributed by atoms with Gasteiger partial charge in [-0.25, -0.2) is 0 Å². The van der Waals surface area contributed by atoms with Crippen LogP contribution in [0.4, 0.5) is 86.8 Å². The molecule has 8 aromatic rings. The Morgan fingerprint density at radius 3 is 1.04 bits per heavy atom. The summed E-state index contributed by atoms with van der Waals surface area (Å²) in [5.41, 5.74) is -1.58. The van der Waals surface area contributed by atoms with Crippen molar-refractivity contribution in [3.63, 3.8) is 0 Å². The van der Waals surface area contributed by atoms with Crippen LogP contribution >= 0.6 is 0 Å². The minimum atomic E-state index is -6.14. The number of anilines is 6. The number of ether oxygens (including phenoxy) is 3. The number of hydrogen-bond donors (Lipinski definition) is 1. The molecular formula is C56H40F12N2O4. The summed E-state index contributed by atoms with van der Waals surface area (Å²) in [6, 6.07) is 48.9. The van der Waals surface area contributed by atoms with E-state index in [2.05, 4.69) is 14.2 Å². The highest BCUT2D eigenvalue weighted by molar-refractivity contribution is 5.81. The second-order valence-electron chi connectivity index (χ2n) is 16.7. The molecule has 0 aliphatic carbocycles. The Morgan fingerprint density at radius 1 is 0.378 bits per heavy atom. The number of rotatable bonds is 17. The maximum atomic E-state index is 15.2. The van der Waals surface area contributed by atoms with Crippen LogP contribution in [0.2, 0.25) is 0 Å². The first-order valence-electron chi connectivity index (χ1n) is 22.3. The molecule has 1 N–H and O–H groups in total. The van der Waals surface area contributed by atoms with E-state index in [1.54, 1.807) is 24.3 Å².